The van der Waals surface area contributed by atoms with Crippen molar-refractivity contribution in [2.24, 2.45) is 0 Å². The van der Waals surface area contributed by atoms with Crippen LogP contribution in [0, 0.1) is 13.8 Å². The van der Waals surface area contributed by atoms with Crippen LogP contribution in [0.3, 0.4) is 0 Å². The lowest BCUT2D eigenvalue weighted by Crippen LogP contribution is -2.05. The molecule has 0 saturated heterocycles. The highest BCUT2D eigenvalue weighted by Gasteiger charge is 2.28. The molecule has 2 aromatic heterocycles. The minimum atomic E-state index is 0.436. The van der Waals surface area contributed by atoms with Gasteiger partial charge in [-0.15, -0.1) is 15.3 Å². The maximum absolute atomic E-state index is 6.50. The Hall–Kier alpha value is -2.71. The van der Waals surface area contributed by atoms with E-state index < -0.39 is 0 Å². The molecule has 2 aromatic carbocycles. The zero-order valence-electron chi connectivity index (χ0n) is 16.7. The Bertz CT molecular complexity index is 1210. The van der Waals surface area contributed by atoms with E-state index in [9.17, 15) is 0 Å². The zero-order valence-corrected chi connectivity index (χ0v) is 18.2. The normalized spacial score (nSPS) is 13.7. The van der Waals surface area contributed by atoms with Gasteiger partial charge in [0.1, 0.15) is 0 Å². The summed E-state index contributed by atoms with van der Waals surface area (Å²) in [5.41, 5.74) is 4.20. The van der Waals surface area contributed by atoms with Crippen molar-refractivity contribution in [3.05, 3.63) is 64.4 Å². The molecule has 1 saturated carbocycles. The van der Waals surface area contributed by atoms with Crippen molar-refractivity contribution < 1.29 is 0 Å². The number of aromatic nitrogens is 7. The van der Waals surface area contributed by atoms with Gasteiger partial charge in [0.05, 0.1) is 22.5 Å². The molecule has 2 heterocycles. The lowest BCUT2D eigenvalue weighted by Gasteiger charge is -2.14. The summed E-state index contributed by atoms with van der Waals surface area (Å²) in [5.74, 6) is 2.20. The minimum absolute atomic E-state index is 0.436. The second kappa shape index (κ2) is 7.85. The van der Waals surface area contributed by atoms with Gasteiger partial charge in [-0.3, -0.25) is 4.57 Å². The SMILES string of the molecule is Cc1ccc(C)c(-n2c(SCc3nnnn3C3CC3)nnc2-c2ccccc2Cl)c1. The van der Waals surface area contributed by atoms with Crippen molar-refractivity contribution in [3.8, 4) is 17.1 Å². The van der Waals surface area contributed by atoms with Crippen molar-refractivity contribution in [2.75, 3.05) is 0 Å². The summed E-state index contributed by atoms with van der Waals surface area (Å²) in [5, 5.41) is 22.7. The predicted octanol–water partition coefficient (Wildman–Crippen LogP) is 4.82. The Morgan fingerprint density at radius 3 is 2.70 bits per heavy atom. The first kappa shape index (κ1) is 19.3. The number of rotatable bonds is 6. The van der Waals surface area contributed by atoms with Crippen LogP contribution in [0.5, 0.6) is 0 Å². The average molecular weight is 438 g/mol. The molecule has 0 unspecified atom stereocenters. The van der Waals surface area contributed by atoms with Gasteiger partial charge in [0.25, 0.3) is 0 Å². The van der Waals surface area contributed by atoms with Crippen LogP contribution in [0.4, 0.5) is 0 Å². The number of hydrogen-bond acceptors (Lipinski definition) is 6. The lowest BCUT2D eigenvalue weighted by atomic mass is 10.1. The number of aryl methyl sites for hydroxylation is 2. The first-order chi connectivity index (χ1) is 14.6. The molecule has 1 aliphatic rings. The van der Waals surface area contributed by atoms with E-state index in [-0.39, 0.29) is 0 Å². The van der Waals surface area contributed by atoms with Crippen LogP contribution in [0.1, 0.15) is 35.8 Å². The Morgan fingerprint density at radius 1 is 1.07 bits per heavy atom. The van der Waals surface area contributed by atoms with Crippen molar-refractivity contribution >= 4 is 23.4 Å². The van der Waals surface area contributed by atoms with Crippen molar-refractivity contribution in [1.29, 1.82) is 0 Å². The number of tetrazole rings is 1. The molecule has 1 aliphatic carbocycles. The third-order valence-corrected chi connectivity index (χ3v) is 6.39. The highest BCUT2D eigenvalue weighted by molar-refractivity contribution is 7.98. The Labute approximate surface area is 183 Å². The Kier molecular flexibility index (Phi) is 5.04. The maximum Gasteiger partial charge on any atom is 0.196 e. The summed E-state index contributed by atoms with van der Waals surface area (Å²) < 4.78 is 4.01. The van der Waals surface area contributed by atoms with Crippen LogP contribution in [-0.2, 0) is 5.75 Å². The molecule has 0 amide bonds. The van der Waals surface area contributed by atoms with E-state index >= 15 is 0 Å². The standard InChI is InChI=1S/C21H20ClN7S/c1-13-7-8-14(2)18(11-13)28-20(16-5-3-4-6-17(16)22)24-25-21(28)30-12-19-23-26-27-29(19)15-9-10-15/h3-8,11,15H,9-10,12H2,1-2H3. The van der Waals surface area contributed by atoms with Gasteiger partial charge in [-0.25, -0.2) is 4.68 Å². The van der Waals surface area contributed by atoms with Crippen molar-refractivity contribution in [3.63, 3.8) is 0 Å². The fourth-order valence-corrected chi connectivity index (χ4v) is 4.48. The fraction of sp³-hybridized carbons (Fsp3) is 0.286. The molecule has 30 heavy (non-hydrogen) atoms. The van der Waals surface area contributed by atoms with E-state index in [0.29, 0.717) is 16.8 Å². The van der Waals surface area contributed by atoms with Crippen LogP contribution < -0.4 is 0 Å². The molecular weight excluding hydrogens is 418 g/mol. The van der Waals surface area contributed by atoms with Crippen LogP contribution in [-0.4, -0.2) is 35.0 Å². The second-order valence-corrected chi connectivity index (χ2v) is 8.82. The molecule has 1 fully saturated rings. The van der Waals surface area contributed by atoms with Crippen LogP contribution >= 0.6 is 23.4 Å². The van der Waals surface area contributed by atoms with E-state index in [0.717, 1.165) is 46.5 Å². The van der Waals surface area contributed by atoms with Gasteiger partial charge >= 0.3 is 0 Å². The number of halogens is 1. The number of hydrogen-bond donors (Lipinski definition) is 0. The number of thioether (sulfide) groups is 1. The topological polar surface area (TPSA) is 74.3 Å². The van der Waals surface area contributed by atoms with Gasteiger partial charge in [-0.2, -0.15) is 0 Å². The van der Waals surface area contributed by atoms with E-state index in [2.05, 4.69) is 62.3 Å². The second-order valence-electron chi connectivity index (χ2n) is 7.47. The van der Waals surface area contributed by atoms with Crippen LogP contribution in [0.15, 0.2) is 47.6 Å². The van der Waals surface area contributed by atoms with Gasteiger partial charge in [-0.05, 0) is 66.4 Å². The van der Waals surface area contributed by atoms with Gasteiger partial charge < -0.3 is 0 Å². The summed E-state index contributed by atoms with van der Waals surface area (Å²) in [4.78, 5) is 0. The monoisotopic (exact) mass is 437 g/mol. The lowest BCUT2D eigenvalue weighted by molar-refractivity contribution is 0.593. The quantitative estimate of drug-likeness (QED) is 0.402. The molecule has 0 bridgehead atoms. The van der Waals surface area contributed by atoms with E-state index in [4.69, 9.17) is 11.6 Å². The molecule has 0 spiro atoms. The van der Waals surface area contributed by atoms with Gasteiger partial charge in [-0.1, -0.05) is 47.6 Å². The Morgan fingerprint density at radius 2 is 1.90 bits per heavy atom. The molecule has 152 valence electrons. The summed E-state index contributed by atoms with van der Waals surface area (Å²) in [6.07, 6.45) is 2.27. The largest absolute Gasteiger partial charge is 0.270 e. The first-order valence-electron chi connectivity index (χ1n) is 9.79. The third-order valence-electron chi connectivity index (χ3n) is 5.14. The molecule has 0 radical (unpaired) electrons. The zero-order chi connectivity index (χ0) is 20.7. The van der Waals surface area contributed by atoms with Gasteiger partial charge in [0.15, 0.2) is 16.8 Å². The number of nitrogens with zero attached hydrogens (tertiary/aromatic N) is 7. The first-order valence-corrected chi connectivity index (χ1v) is 11.2. The van der Waals surface area contributed by atoms with E-state index in [1.54, 1.807) is 11.8 Å². The Balaban J connectivity index is 1.58. The average Bonchev–Trinajstić information content (AvgIpc) is 3.33. The summed E-state index contributed by atoms with van der Waals surface area (Å²) in [6.45, 7) is 4.17. The van der Waals surface area contributed by atoms with Gasteiger partial charge in [0, 0.05) is 5.56 Å². The molecule has 9 heteroatoms. The molecule has 0 aliphatic heterocycles. The summed E-state index contributed by atoms with van der Waals surface area (Å²) in [6, 6.07) is 14.5. The fourth-order valence-electron chi connectivity index (χ4n) is 3.40. The minimum Gasteiger partial charge on any atom is -0.270 e. The van der Waals surface area contributed by atoms with E-state index in [1.807, 2.05) is 28.9 Å². The summed E-state index contributed by atoms with van der Waals surface area (Å²) >= 11 is 8.08. The van der Waals surface area contributed by atoms with Crippen molar-refractivity contribution in [1.82, 2.24) is 35.0 Å². The highest BCUT2D eigenvalue weighted by atomic mass is 35.5. The molecular formula is C21H20ClN7S. The smallest absolute Gasteiger partial charge is 0.196 e. The predicted molar refractivity (Wildman–Crippen MR) is 117 cm³/mol. The van der Waals surface area contributed by atoms with Gasteiger partial charge in [0.2, 0.25) is 0 Å². The molecule has 5 rings (SSSR count). The van der Waals surface area contributed by atoms with Crippen LogP contribution in [0.25, 0.3) is 17.1 Å². The molecule has 0 atom stereocenters. The van der Waals surface area contributed by atoms with E-state index in [1.165, 1.54) is 5.56 Å². The molecule has 7 nitrogen and oxygen atoms in total. The maximum atomic E-state index is 6.50. The number of benzene rings is 2. The third kappa shape index (κ3) is 3.61. The summed E-state index contributed by atoms with van der Waals surface area (Å²) in [7, 11) is 0. The van der Waals surface area contributed by atoms with Crippen LogP contribution in [0.2, 0.25) is 5.02 Å². The molecule has 0 N–H and O–H groups in total. The van der Waals surface area contributed by atoms with Crippen molar-refractivity contribution in [2.45, 2.75) is 43.6 Å². The molecule has 4 aromatic rings. The highest BCUT2D eigenvalue weighted by Crippen LogP contribution is 2.37.